The van der Waals surface area contributed by atoms with Gasteiger partial charge in [-0.05, 0) is 13.3 Å². The number of nitrogens with one attached hydrogen (secondary N) is 2. The topological polar surface area (TPSA) is 76.0 Å². The molecule has 6 nitrogen and oxygen atoms in total. The molecule has 0 aliphatic rings. The monoisotopic (exact) mass is 252 g/mol. The number of carbonyl (C=O) groups is 1. The van der Waals surface area contributed by atoms with Gasteiger partial charge in [0, 0.05) is 19.2 Å². The van der Waals surface area contributed by atoms with Gasteiger partial charge in [-0.2, -0.15) is 5.10 Å². The molecule has 100 valence electrons. The van der Waals surface area contributed by atoms with E-state index in [0.717, 1.165) is 24.1 Å². The van der Waals surface area contributed by atoms with Gasteiger partial charge in [-0.15, -0.1) is 0 Å². The van der Waals surface area contributed by atoms with Crippen molar-refractivity contribution in [3.05, 3.63) is 22.6 Å². The Balaban J connectivity index is 2.57. The predicted octanol–water partition coefficient (Wildman–Crippen LogP) is 0.591. The molecular formula is C12H20N4O2. The molecule has 1 amide bonds. The van der Waals surface area contributed by atoms with Crippen molar-refractivity contribution in [2.45, 2.75) is 33.2 Å². The van der Waals surface area contributed by atoms with E-state index >= 15 is 0 Å². The van der Waals surface area contributed by atoms with Gasteiger partial charge in [0.05, 0.1) is 11.9 Å². The predicted molar refractivity (Wildman–Crippen MR) is 70.6 cm³/mol. The number of hydrogen-bond donors (Lipinski definition) is 2. The van der Waals surface area contributed by atoms with E-state index in [1.165, 1.54) is 6.07 Å². The molecule has 0 unspecified atom stereocenters. The van der Waals surface area contributed by atoms with Crippen LogP contribution in [0.1, 0.15) is 26.7 Å². The van der Waals surface area contributed by atoms with Gasteiger partial charge in [0.25, 0.3) is 5.56 Å². The number of anilines is 1. The second kappa shape index (κ2) is 7.47. The molecule has 0 aliphatic carbocycles. The van der Waals surface area contributed by atoms with E-state index in [4.69, 9.17) is 0 Å². The van der Waals surface area contributed by atoms with E-state index < -0.39 is 0 Å². The first kappa shape index (κ1) is 14.2. The normalized spacial score (nSPS) is 10.1. The molecule has 0 fully saturated rings. The van der Waals surface area contributed by atoms with Crippen LogP contribution in [0.2, 0.25) is 0 Å². The minimum Gasteiger partial charge on any atom is -0.384 e. The second-order valence-corrected chi connectivity index (χ2v) is 3.97. The Morgan fingerprint density at radius 2 is 2.22 bits per heavy atom. The molecule has 1 aromatic rings. The highest BCUT2D eigenvalue weighted by atomic mass is 16.2. The fraction of sp³-hybridized carbons (Fsp3) is 0.583. The van der Waals surface area contributed by atoms with Crippen LogP contribution in [0.25, 0.3) is 0 Å². The highest BCUT2D eigenvalue weighted by molar-refractivity contribution is 5.75. The van der Waals surface area contributed by atoms with Crippen molar-refractivity contribution in [2.24, 2.45) is 0 Å². The van der Waals surface area contributed by atoms with Crippen molar-refractivity contribution >= 4 is 11.6 Å². The summed E-state index contributed by atoms with van der Waals surface area (Å²) in [6.07, 6.45) is 3.51. The molecule has 1 rings (SSSR count). The first-order chi connectivity index (χ1) is 8.67. The minimum atomic E-state index is -0.279. The molecular weight excluding hydrogens is 232 g/mol. The molecule has 0 aliphatic heterocycles. The lowest BCUT2D eigenvalue weighted by Gasteiger charge is -2.07. The molecule has 0 saturated heterocycles. The van der Waals surface area contributed by atoms with E-state index in [2.05, 4.69) is 22.7 Å². The molecule has 0 aromatic carbocycles. The molecule has 18 heavy (non-hydrogen) atoms. The van der Waals surface area contributed by atoms with Gasteiger partial charge in [-0.1, -0.05) is 13.3 Å². The number of hydrogen-bond acceptors (Lipinski definition) is 4. The summed E-state index contributed by atoms with van der Waals surface area (Å²) in [6, 6.07) is 1.44. The third-order valence-electron chi connectivity index (χ3n) is 2.40. The number of carbonyl (C=O) groups excluding carboxylic acids is 1. The molecule has 0 saturated carbocycles. The maximum Gasteiger partial charge on any atom is 0.269 e. The van der Waals surface area contributed by atoms with Gasteiger partial charge in [0.2, 0.25) is 5.91 Å². The molecule has 0 spiro atoms. The van der Waals surface area contributed by atoms with Gasteiger partial charge in [0.1, 0.15) is 6.54 Å². The van der Waals surface area contributed by atoms with Crippen molar-refractivity contribution in [1.82, 2.24) is 15.1 Å². The van der Waals surface area contributed by atoms with E-state index in [0.29, 0.717) is 12.2 Å². The average Bonchev–Trinajstić information content (AvgIpc) is 2.33. The van der Waals surface area contributed by atoms with Crippen molar-refractivity contribution < 1.29 is 4.79 Å². The van der Waals surface area contributed by atoms with Crippen LogP contribution in [-0.4, -0.2) is 28.8 Å². The minimum absolute atomic E-state index is 0.0328. The number of unbranched alkanes of at least 4 members (excludes halogenated alkanes) is 1. The maximum absolute atomic E-state index is 11.7. The maximum atomic E-state index is 11.7. The van der Waals surface area contributed by atoms with E-state index in [1.807, 2.05) is 6.92 Å². The standard InChI is InChI=1S/C12H20N4O2/c1-3-5-6-14-11(17)9-16-12(18)7-10(8-15-16)13-4-2/h7-8,13H,3-6,9H2,1-2H3,(H,14,17). The van der Waals surface area contributed by atoms with Crippen LogP contribution in [0.4, 0.5) is 5.69 Å². The zero-order valence-corrected chi connectivity index (χ0v) is 10.9. The zero-order chi connectivity index (χ0) is 13.4. The van der Waals surface area contributed by atoms with E-state index in [-0.39, 0.29) is 18.0 Å². The molecule has 1 aromatic heterocycles. The van der Waals surface area contributed by atoms with Crippen molar-refractivity contribution in [2.75, 3.05) is 18.4 Å². The molecule has 2 N–H and O–H groups in total. The molecule has 0 radical (unpaired) electrons. The Labute approximate surface area is 106 Å². The van der Waals surface area contributed by atoms with Crippen LogP contribution in [0.3, 0.4) is 0 Å². The number of rotatable bonds is 7. The third-order valence-corrected chi connectivity index (χ3v) is 2.40. The van der Waals surface area contributed by atoms with E-state index in [1.54, 1.807) is 6.20 Å². The zero-order valence-electron chi connectivity index (χ0n) is 10.9. The lowest BCUT2D eigenvalue weighted by molar-refractivity contribution is -0.121. The molecule has 0 bridgehead atoms. The van der Waals surface area contributed by atoms with Crippen LogP contribution in [0.15, 0.2) is 17.1 Å². The number of aromatic nitrogens is 2. The summed E-state index contributed by atoms with van der Waals surface area (Å²) < 4.78 is 1.15. The van der Waals surface area contributed by atoms with E-state index in [9.17, 15) is 9.59 Å². The highest BCUT2D eigenvalue weighted by Gasteiger charge is 2.05. The summed E-state index contributed by atoms with van der Waals surface area (Å²) in [6.45, 7) is 5.32. The Morgan fingerprint density at radius 1 is 1.44 bits per heavy atom. The lowest BCUT2D eigenvalue weighted by atomic mass is 10.3. The van der Waals surface area contributed by atoms with Gasteiger partial charge >= 0.3 is 0 Å². The summed E-state index contributed by atoms with van der Waals surface area (Å²) in [4.78, 5) is 23.2. The van der Waals surface area contributed by atoms with Crippen molar-refractivity contribution in [3.8, 4) is 0 Å². The molecule has 6 heteroatoms. The van der Waals surface area contributed by atoms with Crippen LogP contribution >= 0.6 is 0 Å². The fourth-order valence-electron chi connectivity index (χ4n) is 1.45. The fourth-order valence-corrected chi connectivity index (χ4v) is 1.45. The Morgan fingerprint density at radius 3 is 2.83 bits per heavy atom. The van der Waals surface area contributed by atoms with Gasteiger partial charge in [-0.3, -0.25) is 9.59 Å². The molecule has 1 heterocycles. The SMILES string of the molecule is CCCCNC(=O)Cn1ncc(NCC)cc1=O. The van der Waals surface area contributed by atoms with Crippen LogP contribution in [0, 0.1) is 0 Å². The first-order valence-corrected chi connectivity index (χ1v) is 6.25. The first-order valence-electron chi connectivity index (χ1n) is 6.25. The van der Waals surface area contributed by atoms with Gasteiger partial charge < -0.3 is 10.6 Å². The van der Waals surface area contributed by atoms with Crippen LogP contribution in [-0.2, 0) is 11.3 Å². The van der Waals surface area contributed by atoms with Crippen molar-refractivity contribution in [3.63, 3.8) is 0 Å². The number of amides is 1. The Bertz CT molecular complexity index is 442. The average molecular weight is 252 g/mol. The summed E-state index contributed by atoms with van der Waals surface area (Å²) in [5, 5.41) is 9.69. The largest absolute Gasteiger partial charge is 0.384 e. The summed E-state index contributed by atoms with van der Waals surface area (Å²) in [5.74, 6) is -0.186. The number of nitrogens with zero attached hydrogens (tertiary/aromatic N) is 2. The van der Waals surface area contributed by atoms with Gasteiger partial charge in [-0.25, -0.2) is 4.68 Å². The van der Waals surface area contributed by atoms with Crippen LogP contribution in [0.5, 0.6) is 0 Å². The lowest BCUT2D eigenvalue weighted by Crippen LogP contribution is -2.33. The third kappa shape index (κ3) is 4.57. The molecule has 0 atom stereocenters. The quantitative estimate of drug-likeness (QED) is 0.696. The summed E-state index contributed by atoms with van der Waals surface area (Å²) in [7, 11) is 0. The second-order valence-electron chi connectivity index (χ2n) is 3.97. The smallest absolute Gasteiger partial charge is 0.269 e. The van der Waals surface area contributed by atoms with Gasteiger partial charge in [0.15, 0.2) is 0 Å². The summed E-state index contributed by atoms with van der Waals surface area (Å²) >= 11 is 0. The van der Waals surface area contributed by atoms with Crippen LogP contribution < -0.4 is 16.2 Å². The highest BCUT2D eigenvalue weighted by Crippen LogP contribution is 1.97. The van der Waals surface area contributed by atoms with Crippen molar-refractivity contribution in [1.29, 1.82) is 0 Å². The summed E-state index contributed by atoms with van der Waals surface area (Å²) in [5.41, 5.74) is 0.393. The Hall–Kier alpha value is -1.85. The Kier molecular flexibility index (Phi) is 5.90.